The Balaban J connectivity index is 2.10. The standard InChI is InChI=1S/C12H18N2O3S/c1-8-7-18-10(13-8)6-14-5-3-4-9(15)11(14)12(16)17-2/h7,9,11,15H,3-6H2,1-2H3/t9-,11-/m0/s1. The van der Waals surface area contributed by atoms with Gasteiger partial charge in [0.05, 0.1) is 19.8 Å². The highest BCUT2D eigenvalue weighted by Crippen LogP contribution is 2.22. The fourth-order valence-corrected chi connectivity index (χ4v) is 3.09. The van der Waals surface area contributed by atoms with Crippen LogP contribution in [0.3, 0.4) is 0 Å². The molecule has 1 aromatic rings. The van der Waals surface area contributed by atoms with Gasteiger partial charge in [0.25, 0.3) is 0 Å². The van der Waals surface area contributed by atoms with Crippen LogP contribution in [-0.4, -0.2) is 46.8 Å². The van der Waals surface area contributed by atoms with Crippen LogP contribution in [0.1, 0.15) is 23.5 Å². The lowest BCUT2D eigenvalue weighted by molar-refractivity contribution is -0.154. The van der Waals surface area contributed by atoms with Crippen LogP contribution < -0.4 is 0 Å². The molecule has 2 atom stereocenters. The molecule has 0 aromatic carbocycles. The Kier molecular flexibility index (Phi) is 4.31. The number of ether oxygens (including phenoxy) is 1. The maximum atomic E-state index is 11.7. The zero-order valence-electron chi connectivity index (χ0n) is 10.6. The molecule has 100 valence electrons. The normalized spacial score (nSPS) is 25.1. The molecule has 0 spiro atoms. The zero-order chi connectivity index (χ0) is 13.1. The number of hydrogen-bond donors (Lipinski definition) is 1. The van der Waals surface area contributed by atoms with E-state index in [1.807, 2.05) is 17.2 Å². The molecule has 0 radical (unpaired) electrons. The van der Waals surface area contributed by atoms with Gasteiger partial charge in [-0.2, -0.15) is 0 Å². The third-order valence-electron chi connectivity index (χ3n) is 3.15. The number of rotatable bonds is 3. The molecule has 0 saturated carbocycles. The second-order valence-electron chi connectivity index (χ2n) is 4.53. The van der Waals surface area contributed by atoms with Gasteiger partial charge in [-0.05, 0) is 26.3 Å². The first-order valence-electron chi connectivity index (χ1n) is 6.02. The molecule has 1 aliphatic rings. The average Bonchev–Trinajstić information content (AvgIpc) is 2.74. The summed E-state index contributed by atoms with van der Waals surface area (Å²) in [6, 6.07) is -0.562. The Labute approximate surface area is 110 Å². The Bertz CT molecular complexity index is 421. The number of likely N-dealkylation sites (tertiary alicyclic amines) is 1. The van der Waals surface area contributed by atoms with Gasteiger partial charge in [-0.3, -0.25) is 9.69 Å². The van der Waals surface area contributed by atoms with E-state index in [2.05, 4.69) is 4.98 Å². The molecule has 1 N–H and O–H groups in total. The van der Waals surface area contributed by atoms with Crippen LogP contribution in [0.2, 0.25) is 0 Å². The van der Waals surface area contributed by atoms with Gasteiger partial charge in [-0.1, -0.05) is 0 Å². The summed E-state index contributed by atoms with van der Waals surface area (Å²) in [5, 5.41) is 12.9. The van der Waals surface area contributed by atoms with Crippen LogP contribution in [0, 0.1) is 6.92 Å². The number of methoxy groups -OCH3 is 1. The van der Waals surface area contributed by atoms with Gasteiger partial charge in [-0.15, -0.1) is 11.3 Å². The molecule has 0 aliphatic carbocycles. The maximum absolute atomic E-state index is 11.7. The summed E-state index contributed by atoms with van der Waals surface area (Å²) in [7, 11) is 1.36. The highest BCUT2D eigenvalue weighted by Gasteiger charge is 2.36. The molecule has 6 heteroatoms. The minimum Gasteiger partial charge on any atom is -0.468 e. The topological polar surface area (TPSA) is 62.7 Å². The summed E-state index contributed by atoms with van der Waals surface area (Å²) in [5.74, 6) is -0.365. The van der Waals surface area contributed by atoms with Crippen LogP contribution in [0.4, 0.5) is 0 Å². The number of carbonyl (C=O) groups excluding carboxylic acids is 1. The predicted octanol–water partition coefficient (Wildman–Crippen LogP) is 0.950. The molecule has 2 rings (SSSR count). The van der Waals surface area contributed by atoms with E-state index in [9.17, 15) is 9.90 Å². The second-order valence-corrected chi connectivity index (χ2v) is 5.47. The molecule has 0 amide bonds. The number of thiazole rings is 1. The number of nitrogens with zero attached hydrogens (tertiary/aromatic N) is 2. The van der Waals surface area contributed by atoms with Crippen LogP contribution in [0.15, 0.2) is 5.38 Å². The number of aromatic nitrogens is 1. The first-order valence-corrected chi connectivity index (χ1v) is 6.90. The number of esters is 1. The van der Waals surface area contributed by atoms with Crippen molar-refractivity contribution in [2.24, 2.45) is 0 Å². The van der Waals surface area contributed by atoms with Gasteiger partial charge in [0.1, 0.15) is 11.0 Å². The molecule has 0 bridgehead atoms. The smallest absolute Gasteiger partial charge is 0.325 e. The summed E-state index contributed by atoms with van der Waals surface area (Å²) in [5.41, 5.74) is 0.988. The van der Waals surface area contributed by atoms with Crippen molar-refractivity contribution in [3.63, 3.8) is 0 Å². The third kappa shape index (κ3) is 2.88. The van der Waals surface area contributed by atoms with Crippen molar-refractivity contribution in [1.82, 2.24) is 9.88 Å². The SMILES string of the molecule is COC(=O)[C@@H]1[C@@H](O)CCCN1Cc1nc(C)cs1. The van der Waals surface area contributed by atoms with Gasteiger partial charge in [0.15, 0.2) is 0 Å². The van der Waals surface area contributed by atoms with Gasteiger partial charge < -0.3 is 9.84 Å². The maximum Gasteiger partial charge on any atom is 0.325 e. The molecule has 1 saturated heterocycles. The van der Waals surface area contributed by atoms with E-state index in [1.165, 1.54) is 7.11 Å². The van der Waals surface area contributed by atoms with Crippen LogP contribution >= 0.6 is 11.3 Å². The van der Waals surface area contributed by atoms with Crippen molar-refractivity contribution in [1.29, 1.82) is 0 Å². The van der Waals surface area contributed by atoms with E-state index in [-0.39, 0.29) is 5.97 Å². The molecule has 1 aliphatic heterocycles. The minimum absolute atomic E-state index is 0.365. The monoisotopic (exact) mass is 270 g/mol. The number of piperidine rings is 1. The van der Waals surface area contributed by atoms with E-state index >= 15 is 0 Å². The highest BCUT2D eigenvalue weighted by molar-refractivity contribution is 7.09. The third-order valence-corrected chi connectivity index (χ3v) is 4.10. The second kappa shape index (κ2) is 5.77. The van der Waals surface area contributed by atoms with Gasteiger partial charge in [0, 0.05) is 11.1 Å². The molecule has 0 unspecified atom stereocenters. The first kappa shape index (κ1) is 13.5. The largest absolute Gasteiger partial charge is 0.468 e. The molecule has 18 heavy (non-hydrogen) atoms. The van der Waals surface area contributed by atoms with E-state index < -0.39 is 12.1 Å². The summed E-state index contributed by atoms with van der Waals surface area (Å²) in [4.78, 5) is 18.1. The number of aliphatic hydroxyl groups is 1. The molecule has 1 fully saturated rings. The number of aryl methyl sites for hydroxylation is 1. The van der Waals surface area contributed by atoms with Crippen molar-refractivity contribution < 1.29 is 14.6 Å². The number of hydrogen-bond acceptors (Lipinski definition) is 6. The fourth-order valence-electron chi connectivity index (χ4n) is 2.30. The Hall–Kier alpha value is -0.980. The van der Waals surface area contributed by atoms with Crippen molar-refractivity contribution in [3.05, 3.63) is 16.1 Å². The van der Waals surface area contributed by atoms with Crippen molar-refractivity contribution in [3.8, 4) is 0 Å². The zero-order valence-corrected chi connectivity index (χ0v) is 11.4. The lowest BCUT2D eigenvalue weighted by Crippen LogP contribution is -2.52. The highest BCUT2D eigenvalue weighted by atomic mass is 32.1. The van der Waals surface area contributed by atoms with Gasteiger partial charge in [0.2, 0.25) is 0 Å². The minimum atomic E-state index is -0.646. The van der Waals surface area contributed by atoms with Crippen molar-refractivity contribution in [2.75, 3.05) is 13.7 Å². The summed E-state index contributed by atoms with van der Waals surface area (Å²) < 4.78 is 4.78. The molecular formula is C12H18N2O3S. The Morgan fingerprint density at radius 1 is 1.72 bits per heavy atom. The predicted molar refractivity (Wildman–Crippen MR) is 68.3 cm³/mol. The molecule has 5 nitrogen and oxygen atoms in total. The molecule has 1 aromatic heterocycles. The molecular weight excluding hydrogens is 252 g/mol. The quantitative estimate of drug-likeness (QED) is 0.829. The Morgan fingerprint density at radius 3 is 3.11 bits per heavy atom. The van der Waals surface area contributed by atoms with Crippen molar-refractivity contribution >= 4 is 17.3 Å². The van der Waals surface area contributed by atoms with E-state index in [0.717, 1.165) is 23.7 Å². The van der Waals surface area contributed by atoms with Crippen LogP contribution in [0.25, 0.3) is 0 Å². The number of carbonyl (C=O) groups is 1. The summed E-state index contributed by atoms with van der Waals surface area (Å²) in [6.45, 7) is 3.33. The summed E-state index contributed by atoms with van der Waals surface area (Å²) in [6.07, 6.45) is 0.888. The lowest BCUT2D eigenvalue weighted by atomic mass is 9.99. The Morgan fingerprint density at radius 2 is 2.50 bits per heavy atom. The first-order chi connectivity index (χ1) is 8.61. The van der Waals surface area contributed by atoms with Crippen molar-refractivity contribution in [2.45, 2.75) is 38.5 Å². The summed E-state index contributed by atoms with van der Waals surface area (Å²) >= 11 is 1.58. The lowest BCUT2D eigenvalue weighted by Gasteiger charge is -2.36. The van der Waals surface area contributed by atoms with Crippen LogP contribution in [-0.2, 0) is 16.1 Å². The fraction of sp³-hybridized carbons (Fsp3) is 0.667. The van der Waals surface area contributed by atoms with Gasteiger partial charge >= 0.3 is 5.97 Å². The average molecular weight is 270 g/mol. The number of aliphatic hydroxyl groups excluding tert-OH is 1. The molecule has 2 heterocycles. The van der Waals surface area contributed by atoms with E-state index in [0.29, 0.717) is 13.0 Å². The van der Waals surface area contributed by atoms with Gasteiger partial charge in [-0.25, -0.2) is 4.98 Å². The van der Waals surface area contributed by atoms with Crippen LogP contribution in [0.5, 0.6) is 0 Å². The van der Waals surface area contributed by atoms with E-state index in [4.69, 9.17) is 4.74 Å². The van der Waals surface area contributed by atoms with E-state index in [1.54, 1.807) is 11.3 Å².